The molecule has 6 heteroatoms. The average Bonchev–Trinajstić information content (AvgIpc) is 3.17. The quantitative estimate of drug-likeness (QED) is 0.887. The monoisotopic (exact) mass is 322 g/mol. The Kier molecular flexibility index (Phi) is 4.82. The molecule has 126 valence electrons. The third-order valence-corrected chi connectivity index (χ3v) is 4.55. The van der Waals surface area contributed by atoms with Crippen LogP contribution in [0.1, 0.15) is 19.3 Å². The Bertz CT molecular complexity index is 545. The summed E-state index contributed by atoms with van der Waals surface area (Å²) < 4.78 is 18.4. The Balaban J connectivity index is 1.47. The Morgan fingerprint density at radius 3 is 2.61 bits per heavy atom. The lowest BCUT2D eigenvalue weighted by molar-refractivity contribution is -0.131. The van der Waals surface area contributed by atoms with Crippen molar-refractivity contribution in [3.63, 3.8) is 0 Å². The summed E-state index contributed by atoms with van der Waals surface area (Å²) in [5.41, 5.74) is -0.959. The summed E-state index contributed by atoms with van der Waals surface area (Å²) in [5.74, 6) is 0.362. The van der Waals surface area contributed by atoms with E-state index in [2.05, 4.69) is 0 Å². The van der Waals surface area contributed by atoms with E-state index in [-0.39, 0.29) is 18.3 Å². The molecule has 2 aliphatic rings. The molecule has 2 heterocycles. The molecule has 0 aromatic heterocycles. The summed E-state index contributed by atoms with van der Waals surface area (Å²) in [5, 5.41) is 10.6. The normalized spacial score (nSPS) is 25.0. The highest BCUT2D eigenvalue weighted by molar-refractivity contribution is 5.78. The first-order chi connectivity index (χ1) is 11.0. The molecule has 0 unspecified atom stereocenters. The molecule has 1 aromatic carbocycles. The van der Waals surface area contributed by atoms with Crippen LogP contribution in [-0.2, 0) is 4.79 Å². The van der Waals surface area contributed by atoms with Gasteiger partial charge in [-0.3, -0.25) is 9.69 Å². The Morgan fingerprint density at radius 1 is 1.22 bits per heavy atom. The van der Waals surface area contributed by atoms with Gasteiger partial charge in [0.1, 0.15) is 23.8 Å². The average molecular weight is 322 g/mol. The van der Waals surface area contributed by atoms with Gasteiger partial charge in [-0.1, -0.05) is 0 Å². The van der Waals surface area contributed by atoms with E-state index in [1.807, 2.05) is 9.80 Å². The first kappa shape index (κ1) is 16.2. The van der Waals surface area contributed by atoms with Gasteiger partial charge < -0.3 is 14.7 Å². The molecule has 2 fully saturated rings. The van der Waals surface area contributed by atoms with Crippen molar-refractivity contribution in [1.29, 1.82) is 0 Å². The minimum Gasteiger partial charge on any atom is -0.491 e. The van der Waals surface area contributed by atoms with E-state index in [1.165, 1.54) is 12.1 Å². The van der Waals surface area contributed by atoms with Crippen molar-refractivity contribution >= 4 is 5.91 Å². The highest BCUT2D eigenvalue weighted by Gasteiger charge is 2.38. The lowest BCUT2D eigenvalue weighted by Crippen LogP contribution is -2.42. The van der Waals surface area contributed by atoms with Gasteiger partial charge in [-0.15, -0.1) is 0 Å². The summed E-state index contributed by atoms with van der Waals surface area (Å²) in [4.78, 5) is 16.0. The topological polar surface area (TPSA) is 53.0 Å². The summed E-state index contributed by atoms with van der Waals surface area (Å²) in [7, 11) is 0. The molecule has 5 nitrogen and oxygen atoms in total. The van der Waals surface area contributed by atoms with E-state index in [9.17, 15) is 14.3 Å². The number of carbonyl (C=O) groups excluding carboxylic acids is 1. The van der Waals surface area contributed by atoms with Crippen molar-refractivity contribution in [2.75, 3.05) is 39.3 Å². The SMILES string of the molecule is O=C(CN1CC[C@](O)(COc2ccc(F)cc2)C1)N1CCCC1. The number of hydrogen-bond acceptors (Lipinski definition) is 4. The summed E-state index contributed by atoms with van der Waals surface area (Å²) in [6.07, 6.45) is 2.74. The third-order valence-electron chi connectivity index (χ3n) is 4.55. The highest BCUT2D eigenvalue weighted by Crippen LogP contribution is 2.23. The van der Waals surface area contributed by atoms with Crippen LogP contribution in [0.15, 0.2) is 24.3 Å². The fourth-order valence-corrected chi connectivity index (χ4v) is 3.20. The zero-order chi connectivity index (χ0) is 16.3. The lowest BCUT2D eigenvalue weighted by atomic mass is 10.1. The number of amides is 1. The maximum Gasteiger partial charge on any atom is 0.236 e. The van der Waals surface area contributed by atoms with Crippen LogP contribution < -0.4 is 4.74 Å². The van der Waals surface area contributed by atoms with Crippen LogP contribution in [0.3, 0.4) is 0 Å². The first-order valence-electron chi connectivity index (χ1n) is 8.15. The van der Waals surface area contributed by atoms with Gasteiger partial charge in [-0.2, -0.15) is 0 Å². The second-order valence-electron chi connectivity index (χ2n) is 6.52. The van der Waals surface area contributed by atoms with Crippen molar-refractivity contribution in [3.8, 4) is 5.75 Å². The molecule has 23 heavy (non-hydrogen) atoms. The van der Waals surface area contributed by atoms with Crippen molar-refractivity contribution in [2.24, 2.45) is 0 Å². The van der Waals surface area contributed by atoms with Crippen LogP contribution in [0.2, 0.25) is 0 Å². The number of rotatable bonds is 5. The molecule has 1 aromatic rings. The van der Waals surface area contributed by atoms with Crippen LogP contribution in [0.4, 0.5) is 4.39 Å². The largest absolute Gasteiger partial charge is 0.491 e. The molecule has 0 bridgehead atoms. The van der Waals surface area contributed by atoms with Gasteiger partial charge >= 0.3 is 0 Å². The number of ether oxygens (including phenoxy) is 1. The van der Waals surface area contributed by atoms with Gasteiger partial charge in [-0.05, 0) is 43.5 Å². The zero-order valence-electron chi connectivity index (χ0n) is 13.2. The fraction of sp³-hybridized carbons (Fsp3) is 0.588. The minimum absolute atomic E-state index is 0.145. The van der Waals surface area contributed by atoms with Gasteiger partial charge in [0.05, 0.1) is 6.54 Å². The van der Waals surface area contributed by atoms with E-state index in [0.29, 0.717) is 31.8 Å². The molecule has 1 N–H and O–H groups in total. The zero-order valence-corrected chi connectivity index (χ0v) is 13.2. The predicted molar refractivity (Wildman–Crippen MR) is 83.7 cm³/mol. The second-order valence-corrected chi connectivity index (χ2v) is 6.52. The van der Waals surface area contributed by atoms with Gasteiger partial charge in [0, 0.05) is 26.2 Å². The Hall–Kier alpha value is -1.66. The third kappa shape index (κ3) is 4.20. The minimum atomic E-state index is -0.959. The maximum absolute atomic E-state index is 12.9. The summed E-state index contributed by atoms with van der Waals surface area (Å²) >= 11 is 0. The maximum atomic E-state index is 12.9. The van der Waals surface area contributed by atoms with E-state index < -0.39 is 5.60 Å². The number of halogens is 1. The number of hydrogen-bond donors (Lipinski definition) is 1. The second kappa shape index (κ2) is 6.84. The predicted octanol–water partition coefficient (Wildman–Crippen LogP) is 1.26. The molecule has 2 aliphatic heterocycles. The van der Waals surface area contributed by atoms with E-state index in [0.717, 1.165) is 25.9 Å². The number of carbonyl (C=O) groups is 1. The van der Waals surface area contributed by atoms with Crippen molar-refractivity contribution in [2.45, 2.75) is 24.9 Å². The van der Waals surface area contributed by atoms with Crippen LogP contribution >= 0.6 is 0 Å². The number of aliphatic hydroxyl groups is 1. The van der Waals surface area contributed by atoms with Crippen LogP contribution in [-0.4, -0.2) is 65.7 Å². The molecule has 2 saturated heterocycles. The van der Waals surface area contributed by atoms with Crippen LogP contribution in [0.5, 0.6) is 5.75 Å². The Morgan fingerprint density at radius 2 is 1.91 bits per heavy atom. The van der Waals surface area contributed by atoms with Gasteiger partial charge in [0.2, 0.25) is 5.91 Å². The van der Waals surface area contributed by atoms with Gasteiger partial charge in [0.25, 0.3) is 0 Å². The summed E-state index contributed by atoms with van der Waals surface area (Å²) in [6, 6.07) is 5.74. The van der Waals surface area contributed by atoms with E-state index in [4.69, 9.17) is 4.74 Å². The smallest absolute Gasteiger partial charge is 0.236 e. The standard InChI is InChI=1S/C17H23FN2O3/c18-14-3-5-15(6-4-14)23-13-17(22)7-10-19(12-17)11-16(21)20-8-1-2-9-20/h3-6,22H,1-2,7-13H2/t17-/m1/s1. The molecule has 0 spiro atoms. The van der Waals surface area contributed by atoms with Gasteiger partial charge in [-0.25, -0.2) is 4.39 Å². The number of β-amino-alcohol motifs (C(OH)–C–C–N with tert-alkyl or cyclic N) is 1. The molecular formula is C17H23FN2O3. The number of nitrogens with zero attached hydrogens (tertiary/aromatic N) is 2. The Labute approximate surface area is 135 Å². The first-order valence-corrected chi connectivity index (χ1v) is 8.15. The lowest BCUT2D eigenvalue weighted by Gasteiger charge is -2.24. The summed E-state index contributed by atoms with van der Waals surface area (Å²) in [6.45, 7) is 3.32. The molecule has 0 aliphatic carbocycles. The van der Waals surface area contributed by atoms with Crippen LogP contribution in [0, 0.1) is 5.82 Å². The van der Waals surface area contributed by atoms with Crippen molar-refractivity contribution < 1.29 is 19.0 Å². The highest BCUT2D eigenvalue weighted by atomic mass is 19.1. The molecule has 0 radical (unpaired) electrons. The molecule has 1 amide bonds. The molecule has 0 saturated carbocycles. The number of benzene rings is 1. The molecule has 3 rings (SSSR count). The van der Waals surface area contributed by atoms with E-state index >= 15 is 0 Å². The van der Waals surface area contributed by atoms with Crippen LogP contribution in [0.25, 0.3) is 0 Å². The fourth-order valence-electron chi connectivity index (χ4n) is 3.20. The van der Waals surface area contributed by atoms with Crippen molar-refractivity contribution in [3.05, 3.63) is 30.1 Å². The number of likely N-dealkylation sites (tertiary alicyclic amines) is 2. The van der Waals surface area contributed by atoms with Crippen molar-refractivity contribution in [1.82, 2.24) is 9.80 Å². The van der Waals surface area contributed by atoms with Gasteiger partial charge in [0.15, 0.2) is 0 Å². The van der Waals surface area contributed by atoms with E-state index in [1.54, 1.807) is 12.1 Å². The molecule has 1 atom stereocenters. The molecular weight excluding hydrogens is 299 g/mol.